The highest BCUT2D eigenvalue weighted by Crippen LogP contribution is 2.45. The molecule has 0 saturated carbocycles. The van der Waals surface area contributed by atoms with E-state index in [4.69, 9.17) is 23.4 Å². The lowest BCUT2D eigenvalue weighted by Gasteiger charge is -2.32. The Morgan fingerprint density at radius 1 is 0.956 bits per heavy atom. The molecule has 0 saturated heterocycles. The minimum absolute atomic E-state index is 0.00865. The van der Waals surface area contributed by atoms with Crippen LogP contribution in [0.15, 0.2) is 87.1 Å². The zero-order valence-corrected chi connectivity index (χ0v) is 25.3. The van der Waals surface area contributed by atoms with E-state index in [2.05, 4.69) is 0 Å². The second kappa shape index (κ2) is 13.0. The summed E-state index contributed by atoms with van der Waals surface area (Å²) < 4.78 is 26.8. The number of hydrogen-bond donors (Lipinski definition) is 1. The summed E-state index contributed by atoms with van der Waals surface area (Å²) in [6.07, 6.45) is -2.63. The number of rotatable bonds is 9. The van der Waals surface area contributed by atoms with Crippen LogP contribution >= 0.6 is 11.8 Å². The molecule has 0 amide bonds. The van der Waals surface area contributed by atoms with Gasteiger partial charge < -0.3 is 28.5 Å². The fraction of sp³-hybridized carbons (Fsp3) is 0.242. The molecule has 4 aromatic rings. The molecule has 0 spiro atoms. The van der Waals surface area contributed by atoms with Crippen molar-refractivity contribution in [2.45, 2.75) is 41.8 Å². The van der Waals surface area contributed by atoms with Gasteiger partial charge in [-0.25, -0.2) is 19.2 Å². The molecule has 1 aliphatic rings. The van der Waals surface area contributed by atoms with Crippen molar-refractivity contribution in [3.63, 3.8) is 0 Å². The highest BCUT2D eigenvalue weighted by atomic mass is 32.2. The van der Waals surface area contributed by atoms with Crippen molar-refractivity contribution in [2.75, 3.05) is 14.2 Å². The first-order valence-electron chi connectivity index (χ1n) is 13.7. The molecule has 3 aromatic carbocycles. The SMILES string of the molecule is COC(=O)[C@@H](C[C@](O)(C(=O)OC)C1Cc2c(oc3cc(C)cc(OC(=O)c4ccccc4)c3c2=O)S1)OC(=O)c1ccccc1. The molecule has 2 heterocycles. The summed E-state index contributed by atoms with van der Waals surface area (Å²) in [7, 11) is 2.12. The van der Waals surface area contributed by atoms with E-state index in [1.54, 1.807) is 67.6 Å². The molecule has 3 atom stereocenters. The van der Waals surface area contributed by atoms with Gasteiger partial charge in [0.1, 0.15) is 16.7 Å². The third kappa shape index (κ3) is 6.33. The van der Waals surface area contributed by atoms with Crippen molar-refractivity contribution in [1.29, 1.82) is 0 Å². The number of methoxy groups -OCH3 is 2. The first kappa shape index (κ1) is 31.5. The van der Waals surface area contributed by atoms with E-state index in [9.17, 15) is 29.1 Å². The van der Waals surface area contributed by atoms with E-state index >= 15 is 0 Å². The number of carbonyl (C=O) groups is 4. The summed E-state index contributed by atoms with van der Waals surface area (Å²) in [6, 6.07) is 19.3. The third-order valence-electron chi connectivity index (χ3n) is 7.30. The van der Waals surface area contributed by atoms with E-state index in [0.717, 1.165) is 26.0 Å². The maximum Gasteiger partial charge on any atom is 0.347 e. The lowest BCUT2D eigenvalue weighted by Crippen LogP contribution is -2.53. The number of ether oxygens (including phenoxy) is 4. The van der Waals surface area contributed by atoms with Crippen molar-refractivity contribution in [3.8, 4) is 5.75 Å². The van der Waals surface area contributed by atoms with E-state index in [0.29, 0.717) is 5.56 Å². The molecular formula is C33H28O11S. The number of thioether (sulfide) groups is 1. The summed E-state index contributed by atoms with van der Waals surface area (Å²) in [5, 5.41) is 10.8. The summed E-state index contributed by atoms with van der Waals surface area (Å²) >= 11 is 0.897. The number of esters is 4. The molecule has 11 nitrogen and oxygen atoms in total. The Hall–Kier alpha value is -4.94. The van der Waals surface area contributed by atoms with Gasteiger partial charge in [0.15, 0.2) is 10.7 Å². The molecule has 1 unspecified atom stereocenters. The molecule has 0 fully saturated rings. The monoisotopic (exact) mass is 632 g/mol. The van der Waals surface area contributed by atoms with Gasteiger partial charge in [-0.05, 0) is 55.3 Å². The van der Waals surface area contributed by atoms with Crippen LogP contribution in [0.3, 0.4) is 0 Å². The highest BCUT2D eigenvalue weighted by molar-refractivity contribution is 8.00. The van der Waals surface area contributed by atoms with Gasteiger partial charge >= 0.3 is 23.9 Å². The van der Waals surface area contributed by atoms with Crippen LogP contribution in [0.1, 0.15) is 38.3 Å². The first-order valence-corrected chi connectivity index (χ1v) is 14.6. The largest absolute Gasteiger partial charge is 0.467 e. The standard InChI is InChI=1S/C33H28O11S/c1-18-14-22(42-28(35)19-10-6-4-7-11-19)26-23(15-18)44-31-21(27(26)34)16-25(45-31)33(39,32(38)41-3)17-24(30(37)40-2)43-29(36)20-12-8-5-9-13-20/h4-15,24-25,39H,16-17H2,1-3H3/t24-,25?,33-/m1/s1. The maximum atomic E-state index is 13.9. The number of fused-ring (bicyclic) bond motifs is 2. The Morgan fingerprint density at radius 2 is 1.58 bits per heavy atom. The zero-order valence-electron chi connectivity index (χ0n) is 24.4. The molecule has 12 heteroatoms. The van der Waals surface area contributed by atoms with Crippen LogP contribution in [0.5, 0.6) is 5.75 Å². The van der Waals surface area contributed by atoms with Crippen LogP contribution in [0.2, 0.25) is 0 Å². The predicted molar refractivity (Wildman–Crippen MR) is 161 cm³/mol. The van der Waals surface area contributed by atoms with E-state index < -0.39 is 52.7 Å². The average Bonchev–Trinajstić information content (AvgIpc) is 3.49. The Bertz CT molecular complexity index is 1830. The molecule has 45 heavy (non-hydrogen) atoms. The quantitative estimate of drug-likeness (QED) is 0.161. The summed E-state index contributed by atoms with van der Waals surface area (Å²) in [5.74, 6) is -3.69. The molecule has 0 aliphatic carbocycles. The maximum absolute atomic E-state index is 13.9. The fourth-order valence-electron chi connectivity index (χ4n) is 5.02. The second-order valence-electron chi connectivity index (χ2n) is 10.3. The van der Waals surface area contributed by atoms with Gasteiger partial charge in [-0.3, -0.25) is 4.79 Å². The van der Waals surface area contributed by atoms with Crippen LogP contribution in [0, 0.1) is 6.92 Å². The van der Waals surface area contributed by atoms with Crippen molar-refractivity contribution in [3.05, 3.63) is 105 Å². The number of aryl methyl sites for hydroxylation is 1. The molecule has 1 aromatic heterocycles. The number of hydrogen-bond acceptors (Lipinski definition) is 12. The number of aliphatic hydroxyl groups is 1. The van der Waals surface area contributed by atoms with Gasteiger partial charge in [0.05, 0.1) is 36.2 Å². The minimum Gasteiger partial charge on any atom is -0.467 e. The van der Waals surface area contributed by atoms with E-state index in [1.165, 1.54) is 12.1 Å². The number of benzene rings is 3. The van der Waals surface area contributed by atoms with Gasteiger partial charge in [0, 0.05) is 6.42 Å². The molecule has 0 bridgehead atoms. The summed E-state index contributed by atoms with van der Waals surface area (Å²) in [4.78, 5) is 65.3. The van der Waals surface area contributed by atoms with E-state index in [1.807, 2.05) is 0 Å². The van der Waals surface area contributed by atoms with E-state index in [-0.39, 0.29) is 44.9 Å². The lowest BCUT2D eigenvalue weighted by molar-refractivity contribution is -0.170. The Kier molecular flexibility index (Phi) is 9.07. The summed E-state index contributed by atoms with van der Waals surface area (Å²) in [5.41, 5.74) is -1.65. The van der Waals surface area contributed by atoms with Gasteiger partial charge in [-0.15, -0.1) is 0 Å². The predicted octanol–water partition coefficient (Wildman–Crippen LogP) is 4.03. The van der Waals surface area contributed by atoms with Crippen molar-refractivity contribution in [2.24, 2.45) is 0 Å². The molecule has 1 aliphatic heterocycles. The topological polar surface area (TPSA) is 156 Å². The Labute approximate surface area is 261 Å². The van der Waals surface area contributed by atoms with Crippen molar-refractivity contribution >= 4 is 46.6 Å². The molecule has 0 radical (unpaired) electrons. The zero-order chi connectivity index (χ0) is 32.3. The number of carbonyl (C=O) groups excluding carboxylic acids is 4. The highest BCUT2D eigenvalue weighted by Gasteiger charge is 2.53. The Morgan fingerprint density at radius 3 is 2.18 bits per heavy atom. The van der Waals surface area contributed by atoms with Crippen LogP contribution in [0.4, 0.5) is 0 Å². The molecule has 232 valence electrons. The van der Waals surface area contributed by atoms with Crippen molar-refractivity contribution in [1.82, 2.24) is 0 Å². The normalized spacial score (nSPS) is 15.8. The minimum atomic E-state index is -2.44. The van der Waals surface area contributed by atoms with Crippen molar-refractivity contribution < 1.29 is 47.6 Å². The smallest absolute Gasteiger partial charge is 0.347 e. The molecule has 5 rings (SSSR count). The lowest BCUT2D eigenvalue weighted by atomic mass is 9.88. The average molecular weight is 633 g/mol. The molecular weight excluding hydrogens is 604 g/mol. The van der Waals surface area contributed by atoms with Crippen LogP contribution < -0.4 is 10.2 Å². The van der Waals surface area contributed by atoms with Gasteiger partial charge in [0.2, 0.25) is 11.5 Å². The Balaban J connectivity index is 1.49. The van der Waals surface area contributed by atoms with Crippen LogP contribution in [0.25, 0.3) is 11.0 Å². The molecule has 1 N–H and O–H groups in total. The van der Waals surface area contributed by atoms with Gasteiger partial charge in [-0.2, -0.15) is 0 Å². The van der Waals surface area contributed by atoms with Crippen LogP contribution in [-0.2, 0) is 30.2 Å². The third-order valence-corrected chi connectivity index (χ3v) is 8.69. The van der Waals surface area contributed by atoms with Gasteiger partial charge in [-0.1, -0.05) is 48.2 Å². The second-order valence-corrected chi connectivity index (χ2v) is 11.5. The summed E-state index contributed by atoms with van der Waals surface area (Å²) in [6.45, 7) is 1.74. The fourth-order valence-corrected chi connectivity index (χ4v) is 6.37. The first-order chi connectivity index (χ1) is 21.5. The van der Waals surface area contributed by atoms with Gasteiger partial charge in [0.25, 0.3) is 0 Å². The van der Waals surface area contributed by atoms with Crippen LogP contribution in [-0.4, -0.2) is 60.2 Å².